The van der Waals surface area contributed by atoms with Crippen LogP contribution in [0.1, 0.15) is 25.8 Å². The predicted molar refractivity (Wildman–Crippen MR) is 92.5 cm³/mol. The molecule has 1 aliphatic heterocycles. The van der Waals surface area contributed by atoms with Crippen LogP contribution in [-0.2, 0) is 16.2 Å². The lowest BCUT2D eigenvalue weighted by Gasteiger charge is -2.39. The zero-order chi connectivity index (χ0) is 18.2. The van der Waals surface area contributed by atoms with Crippen LogP contribution in [0.3, 0.4) is 0 Å². The second kappa shape index (κ2) is 6.80. The third-order valence-electron chi connectivity index (χ3n) is 4.02. The van der Waals surface area contributed by atoms with E-state index < -0.39 is 34.4 Å². The lowest BCUT2D eigenvalue weighted by molar-refractivity contribution is -0.144. The van der Waals surface area contributed by atoms with Crippen LogP contribution in [0.2, 0.25) is 0 Å². The van der Waals surface area contributed by atoms with E-state index in [1.54, 1.807) is 32.0 Å². The van der Waals surface area contributed by atoms with Gasteiger partial charge in [0.2, 0.25) is 4.87 Å². The number of hydrogen-bond donors (Lipinski definition) is 2. The first-order valence-electron chi connectivity index (χ1n) is 7.34. The van der Waals surface area contributed by atoms with E-state index in [9.17, 15) is 17.7 Å². The Balaban J connectivity index is 2.48. The SMILES string of the molecule is CNC(CC(F)(F)F)(c1ccccc1)[S+]([O-])N1CNC(C)(C)C1=S. The Morgan fingerprint density at radius 3 is 2.33 bits per heavy atom. The fourth-order valence-electron chi connectivity index (χ4n) is 2.62. The molecule has 0 radical (unpaired) electrons. The summed E-state index contributed by atoms with van der Waals surface area (Å²) in [5.41, 5.74) is -0.296. The number of nitrogens with one attached hydrogen (secondary N) is 2. The van der Waals surface area contributed by atoms with Crippen LogP contribution in [0.5, 0.6) is 0 Å². The molecule has 0 aromatic heterocycles. The second-order valence-corrected chi connectivity index (χ2v) is 8.15. The Bertz CT molecular complexity index is 597. The first-order valence-corrected chi connectivity index (χ1v) is 8.85. The summed E-state index contributed by atoms with van der Waals surface area (Å²) in [6, 6.07) is 8.03. The van der Waals surface area contributed by atoms with E-state index >= 15 is 0 Å². The average molecular weight is 379 g/mol. The van der Waals surface area contributed by atoms with Gasteiger partial charge in [0, 0.05) is 5.56 Å². The molecular weight excluding hydrogens is 359 g/mol. The lowest BCUT2D eigenvalue weighted by atomic mass is 10.0. The Morgan fingerprint density at radius 2 is 1.92 bits per heavy atom. The Morgan fingerprint density at radius 1 is 1.33 bits per heavy atom. The quantitative estimate of drug-likeness (QED) is 0.609. The van der Waals surface area contributed by atoms with Gasteiger partial charge in [0.15, 0.2) is 0 Å². The maximum absolute atomic E-state index is 13.3. The number of nitrogens with zero attached hydrogens (tertiary/aromatic N) is 1. The Hall–Kier alpha value is -0.870. The molecule has 2 unspecified atom stereocenters. The van der Waals surface area contributed by atoms with E-state index in [-0.39, 0.29) is 6.67 Å². The zero-order valence-corrected chi connectivity index (χ0v) is 15.2. The van der Waals surface area contributed by atoms with Crippen molar-refractivity contribution in [3.05, 3.63) is 35.9 Å². The Kier molecular flexibility index (Phi) is 5.51. The van der Waals surface area contributed by atoms with E-state index in [1.807, 2.05) is 0 Å². The van der Waals surface area contributed by atoms with Gasteiger partial charge in [-0.3, -0.25) is 10.6 Å². The molecule has 2 N–H and O–H groups in total. The van der Waals surface area contributed by atoms with E-state index in [2.05, 4.69) is 10.6 Å². The van der Waals surface area contributed by atoms with Gasteiger partial charge in [-0.05, 0) is 20.9 Å². The summed E-state index contributed by atoms with van der Waals surface area (Å²) >= 11 is 3.25. The molecule has 1 aromatic carbocycles. The molecule has 1 fully saturated rings. The van der Waals surface area contributed by atoms with Gasteiger partial charge in [-0.25, -0.2) is 0 Å². The van der Waals surface area contributed by atoms with E-state index in [0.717, 1.165) is 0 Å². The van der Waals surface area contributed by atoms with Crippen molar-refractivity contribution in [3.63, 3.8) is 0 Å². The highest BCUT2D eigenvalue weighted by molar-refractivity contribution is 7.92. The van der Waals surface area contributed by atoms with Crippen LogP contribution in [0.25, 0.3) is 0 Å². The molecule has 0 bridgehead atoms. The first kappa shape index (κ1) is 19.5. The summed E-state index contributed by atoms with van der Waals surface area (Å²) in [6.45, 7) is 3.74. The maximum atomic E-state index is 13.3. The molecule has 0 aliphatic carbocycles. The number of hydrogen-bond acceptors (Lipinski definition) is 4. The van der Waals surface area contributed by atoms with Gasteiger partial charge in [0.1, 0.15) is 18.1 Å². The van der Waals surface area contributed by atoms with Crippen molar-refractivity contribution in [2.45, 2.75) is 36.9 Å². The van der Waals surface area contributed by atoms with Gasteiger partial charge in [-0.1, -0.05) is 42.5 Å². The van der Waals surface area contributed by atoms with Gasteiger partial charge in [-0.15, -0.1) is 0 Å². The fourth-order valence-corrected chi connectivity index (χ4v) is 4.70. The molecule has 1 aliphatic rings. The van der Waals surface area contributed by atoms with Crippen molar-refractivity contribution in [3.8, 4) is 0 Å². The maximum Gasteiger partial charge on any atom is 0.396 e. The largest absolute Gasteiger partial charge is 0.591 e. The molecule has 1 saturated heterocycles. The molecule has 24 heavy (non-hydrogen) atoms. The monoisotopic (exact) mass is 379 g/mol. The predicted octanol–water partition coefficient (Wildman–Crippen LogP) is 2.64. The number of benzene rings is 1. The summed E-state index contributed by atoms with van der Waals surface area (Å²) < 4.78 is 54.4. The van der Waals surface area contributed by atoms with Crippen LogP contribution < -0.4 is 10.6 Å². The van der Waals surface area contributed by atoms with Crippen LogP contribution in [0.15, 0.2) is 30.3 Å². The molecule has 4 nitrogen and oxygen atoms in total. The van der Waals surface area contributed by atoms with Crippen LogP contribution in [0.4, 0.5) is 13.2 Å². The van der Waals surface area contributed by atoms with Crippen molar-refractivity contribution in [1.29, 1.82) is 0 Å². The van der Waals surface area contributed by atoms with Crippen molar-refractivity contribution >= 4 is 28.6 Å². The van der Waals surface area contributed by atoms with Gasteiger partial charge >= 0.3 is 6.18 Å². The zero-order valence-electron chi connectivity index (χ0n) is 13.6. The molecular formula is C15H20F3N3OS2. The van der Waals surface area contributed by atoms with Gasteiger partial charge in [-0.2, -0.15) is 17.5 Å². The summed E-state index contributed by atoms with van der Waals surface area (Å²) in [6.07, 6.45) is -5.77. The van der Waals surface area contributed by atoms with E-state index in [4.69, 9.17) is 12.2 Å². The lowest BCUT2D eigenvalue weighted by Crippen LogP contribution is -2.56. The third kappa shape index (κ3) is 3.70. The minimum absolute atomic E-state index is 0.132. The minimum Gasteiger partial charge on any atom is -0.591 e. The topological polar surface area (TPSA) is 50.4 Å². The highest BCUT2D eigenvalue weighted by Crippen LogP contribution is 2.41. The van der Waals surface area contributed by atoms with Gasteiger partial charge < -0.3 is 4.55 Å². The molecule has 9 heteroatoms. The van der Waals surface area contributed by atoms with Gasteiger partial charge in [0.05, 0.1) is 16.9 Å². The standard InChI is InChI=1S/C15H20F3N3OS2/c1-13(2)12(23)21(10-20-13)24(22)14(19-3,9-15(16,17)18)11-7-5-4-6-8-11/h4-8,19-20H,9-10H2,1-3H3. The molecule has 0 spiro atoms. The smallest absolute Gasteiger partial charge is 0.396 e. The molecule has 0 amide bonds. The highest BCUT2D eigenvalue weighted by Gasteiger charge is 2.57. The normalized spacial score (nSPS) is 21.6. The third-order valence-corrected chi connectivity index (χ3v) is 6.76. The van der Waals surface area contributed by atoms with Crippen LogP contribution in [-0.4, -0.2) is 39.3 Å². The number of rotatable bonds is 5. The number of thiocarbonyl (C=S) groups is 1. The van der Waals surface area contributed by atoms with Crippen molar-refractivity contribution in [2.75, 3.05) is 13.7 Å². The van der Waals surface area contributed by atoms with Crippen LogP contribution in [0, 0.1) is 0 Å². The molecule has 134 valence electrons. The van der Waals surface area contributed by atoms with Gasteiger partial charge in [0.25, 0.3) is 0 Å². The second-order valence-electron chi connectivity index (χ2n) is 6.13. The van der Waals surface area contributed by atoms with Crippen LogP contribution >= 0.6 is 12.2 Å². The Labute approximate surface area is 148 Å². The highest BCUT2D eigenvalue weighted by atomic mass is 32.2. The average Bonchev–Trinajstić information content (AvgIpc) is 2.78. The number of alkyl halides is 3. The number of halogens is 3. The summed E-state index contributed by atoms with van der Waals surface area (Å²) in [7, 11) is 1.38. The van der Waals surface area contributed by atoms with Crippen molar-refractivity contribution in [1.82, 2.24) is 14.9 Å². The first-order chi connectivity index (χ1) is 11.0. The molecule has 2 atom stereocenters. The van der Waals surface area contributed by atoms with Crippen molar-refractivity contribution < 1.29 is 17.7 Å². The molecule has 2 rings (SSSR count). The summed E-state index contributed by atoms with van der Waals surface area (Å²) in [5, 5.41) is 5.73. The molecule has 1 heterocycles. The van der Waals surface area contributed by atoms with E-state index in [1.165, 1.54) is 23.5 Å². The van der Waals surface area contributed by atoms with Crippen molar-refractivity contribution in [2.24, 2.45) is 0 Å². The minimum atomic E-state index is -4.50. The molecule has 0 saturated carbocycles. The molecule has 1 aromatic rings. The summed E-state index contributed by atoms with van der Waals surface area (Å²) in [4.78, 5) is -1.48. The van der Waals surface area contributed by atoms with E-state index in [0.29, 0.717) is 10.6 Å². The summed E-state index contributed by atoms with van der Waals surface area (Å²) in [5.74, 6) is 0. The fraction of sp³-hybridized carbons (Fsp3) is 0.533.